The molecule has 2 nitrogen and oxygen atoms in total. The van der Waals surface area contributed by atoms with Gasteiger partial charge in [0.15, 0.2) is 11.5 Å². The highest BCUT2D eigenvalue weighted by Gasteiger charge is 2.13. The molecule has 0 aliphatic carbocycles. The van der Waals surface area contributed by atoms with Crippen LogP contribution in [0, 0.1) is 0 Å². The van der Waals surface area contributed by atoms with Gasteiger partial charge in [0.25, 0.3) is 0 Å². The summed E-state index contributed by atoms with van der Waals surface area (Å²) in [4.78, 5) is 2.36. The fraction of sp³-hybridized carbons (Fsp3) is 0.571. The predicted octanol–water partition coefficient (Wildman–Crippen LogP) is 9.32. The number of para-hydroxylation sites is 1. The van der Waals surface area contributed by atoms with E-state index in [4.69, 9.17) is 9.47 Å². The minimum absolute atomic E-state index is 0.756. The first-order chi connectivity index (χ1) is 15.3. The maximum Gasteiger partial charge on any atom is 0.175 e. The third kappa shape index (κ3) is 11.0. The first-order valence-corrected chi connectivity index (χ1v) is 13.3. The summed E-state index contributed by atoms with van der Waals surface area (Å²) in [5, 5.41) is 0. The molecule has 0 saturated heterocycles. The van der Waals surface area contributed by atoms with Gasteiger partial charge in [0.05, 0.1) is 18.1 Å². The van der Waals surface area contributed by atoms with Gasteiger partial charge in [-0.3, -0.25) is 0 Å². The Balaban J connectivity index is 1.92. The molecule has 0 aliphatic heterocycles. The summed E-state index contributed by atoms with van der Waals surface area (Å²) < 4.78 is 12.5. The highest BCUT2D eigenvalue weighted by atomic mass is 32.2. The molecule has 0 bridgehead atoms. The lowest BCUT2D eigenvalue weighted by Gasteiger charge is -2.16. The van der Waals surface area contributed by atoms with E-state index >= 15 is 0 Å². The van der Waals surface area contributed by atoms with Crippen molar-refractivity contribution in [3.8, 4) is 11.5 Å². The van der Waals surface area contributed by atoms with Gasteiger partial charge in [-0.25, -0.2) is 0 Å². The van der Waals surface area contributed by atoms with Crippen LogP contribution in [0.2, 0.25) is 0 Å². The van der Waals surface area contributed by atoms with Crippen molar-refractivity contribution in [3.63, 3.8) is 0 Å². The van der Waals surface area contributed by atoms with Gasteiger partial charge < -0.3 is 9.47 Å². The van der Waals surface area contributed by atoms with Crippen LogP contribution in [0.4, 0.5) is 0 Å². The Hall–Kier alpha value is -1.61. The minimum atomic E-state index is 0.756. The van der Waals surface area contributed by atoms with Gasteiger partial charge in [-0.1, -0.05) is 114 Å². The van der Waals surface area contributed by atoms with Crippen LogP contribution in [0.25, 0.3) is 0 Å². The summed E-state index contributed by atoms with van der Waals surface area (Å²) in [7, 11) is 0. The van der Waals surface area contributed by atoms with E-state index in [1.807, 2.05) is 0 Å². The average Bonchev–Trinajstić information content (AvgIpc) is 2.80. The van der Waals surface area contributed by atoms with Crippen molar-refractivity contribution >= 4 is 11.8 Å². The Bertz CT molecular complexity index is 687. The molecule has 0 saturated carbocycles. The Morgan fingerprint density at radius 1 is 0.581 bits per heavy atom. The molecule has 0 spiro atoms. The van der Waals surface area contributed by atoms with Crippen molar-refractivity contribution in [2.75, 3.05) is 13.2 Å². The molecule has 0 aliphatic rings. The van der Waals surface area contributed by atoms with E-state index in [1.54, 1.807) is 11.8 Å². The van der Waals surface area contributed by atoms with Gasteiger partial charge in [-0.2, -0.15) is 0 Å². The van der Waals surface area contributed by atoms with Crippen LogP contribution < -0.4 is 9.47 Å². The Morgan fingerprint density at radius 2 is 1.16 bits per heavy atom. The van der Waals surface area contributed by atoms with Crippen LogP contribution in [0.1, 0.15) is 90.9 Å². The Kier molecular flexibility index (Phi) is 14.1. The van der Waals surface area contributed by atoms with Crippen molar-refractivity contribution in [2.45, 2.75) is 101 Å². The molecule has 0 aromatic heterocycles. The summed E-state index contributed by atoms with van der Waals surface area (Å²) in [5.74, 6) is 1.80. The Morgan fingerprint density at radius 3 is 1.81 bits per heavy atom. The van der Waals surface area contributed by atoms with E-state index in [0.717, 1.165) is 42.4 Å². The highest BCUT2D eigenvalue weighted by molar-refractivity contribution is 7.99. The SMILES string of the molecule is CCCCCCCCOc1cccc(Sc2ccccc2)c1OCCCCCCCC. The normalized spacial score (nSPS) is 10.9. The van der Waals surface area contributed by atoms with E-state index < -0.39 is 0 Å². The van der Waals surface area contributed by atoms with E-state index in [1.165, 1.54) is 69.1 Å². The minimum Gasteiger partial charge on any atom is -0.490 e. The zero-order valence-electron chi connectivity index (χ0n) is 19.7. The molecule has 2 aromatic carbocycles. The summed E-state index contributed by atoms with van der Waals surface area (Å²) in [6.07, 6.45) is 15.2. The molecule has 2 aromatic rings. The largest absolute Gasteiger partial charge is 0.490 e. The first kappa shape index (κ1) is 25.6. The molecule has 3 heteroatoms. The van der Waals surface area contributed by atoms with E-state index in [0.29, 0.717) is 0 Å². The van der Waals surface area contributed by atoms with Gasteiger partial charge >= 0.3 is 0 Å². The van der Waals surface area contributed by atoms with Crippen LogP contribution in [0.15, 0.2) is 58.3 Å². The van der Waals surface area contributed by atoms with Crippen LogP contribution in [0.5, 0.6) is 11.5 Å². The topological polar surface area (TPSA) is 18.5 Å². The fourth-order valence-corrected chi connectivity index (χ4v) is 4.51. The van der Waals surface area contributed by atoms with E-state index in [9.17, 15) is 0 Å². The van der Waals surface area contributed by atoms with E-state index in [-0.39, 0.29) is 0 Å². The van der Waals surface area contributed by atoms with Crippen LogP contribution in [0.3, 0.4) is 0 Å². The van der Waals surface area contributed by atoms with Crippen LogP contribution in [-0.4, -0.2) is 13.2 Å². The van der Waals surface area contributed by atoms with Crippen molar-refractivity contribution in [1.82, 2.24) is 0 Å². The molecule has 0 amide bonds. The number of ether oxygens (including phenoxy) is 2. The predicted molar refractivity (Wildman–Crippen MR) is 135 cm³/mol. The molecule has 0 atom stereocenters. The maximum atomic E-state index is 6.31. The zero-order chi connectivity index (χ0) is 22.0. The van der Waals surface area contributed by atoms with Gasteiger partial charge in [0.2, 0.25) is 0 Å². The van der Waals surface area contributed by atoms with Crippen molar-refractivity contribution in [3.05, 3.63) is 48.5 Å². The maximum absolute atomic E-state index is 6.31. The summed E-state index contributed by atoms with van der Waals surface area (Å²) in [6.45, 7) is 6.04. The smallest absolute Gasteiger partial charge is 0.175 e. The first-order valence-electron chi connectivity index (χ1n) is 12.5. The number of benzene rings is 2. The molecular formula is C28H42O2S. The van der Waals surface area contributed by atoms with Gasteiger partial charge in [-0.05, 0) is 37.1 Å². The molecule has 0 heterocycles. The fourth-order valence-electron chi connectivity index (χ4n) is 3.57. The lowest BCUT2D eigenvalue weighted by molar-refractivity contribution is 0.253. The second-order valence-corrected chi connectivity index (χ2v) is 9.35. The summed E-state index contributed by atoms with van der Waals surface area (Å²) >= 11 is 1.75. The third-order valence-corrected chi connectivity index (χ3v) is 6.46. The second kappa shape index (κ2) is 17.0. The average molecular weight is 443 g/mol. The molecule has 2 rings (SSSR count). The second-order valence-electron chi connectivity index (χ2n) is 8.23. The monoisotopic (exact) mass is 442 g/mol. The van der Waals surface area contributed by atoms with E-state index in [2.05, 4.69) is 62.4 Å². The highest BCUT2D eigenvalue weighted by Crippen LogP contribution is 2.41. The Labute approximate surface area is 195 Å². The zero-order valence-corrected chi connectivity index (χ0v) is 20.6. The lowest BCUT2D eigenvalue weighted by Crippen LogP contribution is -2.04. The summed E-state index contributed by atoms with van der Waals surface area (Å²) in [5.41, 5.74) is 0. The standard InChI is InChI=1S/C28H42O2S/c1-3-5-7-9-11-16-23-29-26-21-18-22-27(31-25-19-14-13-15-20-25)28(26)30-24-17-12-10-8-6-4-2/h13-15,18-22H,3-12,16-17,23-24H2,1-2H3. The molecule has 0 unspecified atom stereocenters. The van der Waals surface area contributed by atoms with Crippen molar-refractivity contribution in [1.29, 1.82) is 0 Å². The van der Waals surface area contributed by atoms with Crippen LogP contribution >= 0.6 is 11.8 Å². The molecule has 0 radical (unpaired) electrons. The van der Waals surface area contributed by atoms with Crippen molar-refractivity contribution in [2.24, 2.45) is 0 Å². The number of hydrogen-bond donors (Lipinski definition) is 0. The molecular weight excluding hydrogens is 400 g/mol. The van der Waals surface area contributed by atoms with Crippen LogP contribution in [-0.2, 0) is 0 Å². The number of hydrogen-bond acceptors (Lipinski definition) is 3. The molecule has 172 valence electrons. The van der Waals surface area contributed by atoms with Gasteiger partial charge in [0, 0.05) is 4.90 Å². The molecule has 0 N–H and O–H groups in total. The van der Waals surface area contributed by atoms with Gasteiger partial charge in [-0.15, -0.1) is 0 Å². The lowest BCUT2D eigenvalue weighted by atomic mass is 10.1. The van der Waals surface area contributed by atoms with Crippen molar-refractivity contribution < 1.29 is 9.47 Å². The quantitative estimate of drug-likeness (QED) is 0.214. The summed E-state index contributed by atoms with van der Waals surface area (Å²) in [6, 6.07) is 16.8. The number of unbranched alkanes of at least 4 members (excludes halogenated alkanes) is 10. The number of rotatable bonds is 18. The molecule has 0 fully saturated rings. The molecule has 31 heavy (non-hydrogen) atoms. The van der Waals surface area contributed by atoms with Gasteiger partial charge in [0.1, 0.15) is 0 Å². The third-order valence-electron chi connectivity index (χ3n) is 5.41.